The largest absolute Gasteiger partial charge is 0.436 e. The molecule has 1 amide bonds. The lowest BCUT2D eigenvalue weighted by Crippen LogP contribution is -2.43. The van der Waals surface area contributed by atoms with Gasteiger partial charge in [0.2, 0.25) is 5.91 Å². The van der Waals surface area contributed by atoms with Crippen molar-refractivity contribution in [2.45, 2.75) is 32.5 Å². The summed E-state index contributed by atoms with van der Waals surface area (Å²) in [4.78, 5) is 23.6. The third kappa shape index (κ3) is 5.65. The average Bonchev–Trinajstić information content (AvgIpc) is 2.84. The first-order chi connectivity index (χ1) is 16.3. The van der Waals surface area contributed by atoms with Gasteiger partial charge in [-0.15, -0.1) is 0 Å². The van der Waals surface area contributed by atoms with Crippen molar-refractivity contribution < 1.29 is 22.7 Å². The zero-order valence-corrected chi connectivity index (χ0v) is 18.7. The fourth-order valence-corrected chi connectivity index (χ4v) is 3.91. The molecule has 0 radical (unpaired) electrons. The van der Waals surface area contributed by atoms with E-state index in [2.05, 4.69) is 15.3 Å². The van der Waals surface area contributed by atoms with Crippen LogP contribution in [0.15, 0.2) is 60.9 Å². The number of ether oxygens (including phenoxy) is 1. The van der Waals surface area contributed by atoms with E-state index in [9.17, 15) is 18.0 Å². The quantitative estimate of drug-likeness (QED) is 0.541. The maximum absolute atomic E-state index is 12.8. The number of carbonyl (C=O) groups excluding carboxylic acids is 1. The van der Waals surface area contributed by atoms with Crippen LogP contribution in [0.1, 0.15) is 29.5 Å². The zero-order valence-electron chi connectivity index (χ0n) is 18.7. The van der Waals surface area contributed by atoms with Gasteiger partial charge in [0.25, 0.3) is 5.88 Å². The number of anilines is 1. The van der Waals surface area contributed by atoms with Gasteiger partial charge in [-0.25, -0.2) is 9.97 Å². The van der Waals surface area contributed by atoms with Crippen LogP contribution in [0.5, 0.6) is 11.6 Å². The second-order valence-corrected chi connectivity index (χ2v) is 8.25. The number of aryl methyl sites for hydroxylation is 1. The van der Waals surface area contributed by atoms with E-state index in [4.69, 9.17) is 4.74 Å². The number of nitrogens with one attached hydrogen (secondary N) is 1. The van der Waals surface area contributed by atoms with Gasteiger partial charge in [0.15, 0.2) is 5.82 Å². The van der Waals surface area contributed by atoms with E-state index in [1.54, 1.807) is 12.4 Å². The Bertz CT molecular complexity index is 1140. The smallest absolute Gasteiger partial charge is 0.416 e. The van der Waals surface area contributed by atoms with Crippen molar-refractivity contribution in [2.24, 2.45) is 5.92 Å². The second kappa shape index (κ2) is 10.1. The van der Waals surface area contributed by atoms with Crippen LogP contribution in [-0.4, -0.2) is 29.0 Å². The fourth-order valence-electron chi connectivity index (χ4n) is 3.91. The molecule has 1 atom stereocenters. The highest BCUT2D eigenvalue weighted by Crippen LogP contribution is 2.32. The number of aromatic nitrogens is 2. The van der Waals surface area contributed by atoms with E-state index in [1.165, 1.54) is 12.1 Å². The molecule has 34 heavy (non-hydrogen) atoms. The molecule has 0 aliphatic carbocycles. The Balaban J connectivity index is 1.40. The molecule has 1 aliphatic heterocycles. The van der Waals surface area contributed by atoms with Crippen LogP contribution in [0.25, 0.3) is 0 Å². The molecule has 1 saturated heterocycles. The lowest BCUT2D eigenvalue weighted by Gasteiger charge is -2.33. The lowest BCUT2D eigenvalue weighted by atomic mass is 9.97. The molecule has 2 heterocycles. The van der Waals surface area contributed by atoms with Crippen LogP contribution in [0.4, 0.5) is 19.0 Å². The number of hydrogen-bond donors (Lipinski definition) is 1. The van der Waals surface area contributed by atoms with E-state index in [0.29, 0.717) is 42.5 Å². The predicted molar refractivity (Wildman–Crippen MR) is 122 cm³/mol. The number of piperidine rings is 1. The summed E-state index contributed by atoms with van der Waals surface area (Å²) in [5.74, 6) is 1.21. The fraction of sp³-hybridized carbons (Fsp3) is 0.320. The second-order valence-electron chi connectivity index (χ2n) is 8.25. The molecule has 1 fully saturated rings. The Morgan fingerprint density at radius 1 is 1.12 bits per heavy atom. The van der Waals surface area contributed by atoms with Crippen molar-refractivity contribution in [1.29, 1.82) is 0 Å². The number of carbonyl (C=O) groups is 1. The van der Waals surface area contributed by atoms with Crippen molar-refractivity contribution >= 4 is 11.7 Å². The third-order valence-corrected chi connectivity index (χ3v) is 5.79. The van der Waals surface area contributed by atoms with Crippen molar-refractivity contribution in [3.8, 4) is 11.6 Å². The summed E-state index contributed by atoms with van der Waals surface area (Å²) in [6.45, 7) is 3.27. The normalized spacial score (nSPS) is 16.2. The molecule has 1 aliphatic rings. The highest BCUT2D eigenvalue weighted by atomic mass is 19.4. The molecule has 9 heteroatoms. The first kappa shape index (κ1) is 23.5. The monoisotopic (exact) mass is 470 g/mol. The summed E-state index contributed by atoms with van der Waals surface area (Å²) in [6, 6.07) is 12.4. The predicted octanol–water partition coefficient (Wildman–Crippen LogP) is 5.13. The van der Waals surface area contributed by atoms with Gasteiger partial charge in [0, 0.05) is 32.0 Å². The van der Waals surface area contributed by atoms with Crippen molar-refractivity contribution in [2.75, 3.05) is 18.0 Å². The maximum atomic E-state index is 12.8. The minimum absolute atomic E-state index is 0.144. The number of alkyl halides is 3. The molecule has 6 nitrogen and oxygen atoms in total. The van der Waals surface area contributed by atoms with E-state index >= 15 is 0 Å². The highest BCUT2D eigenvalue weighted by Gasteiger charge is 2.30. The molecule has 0 bridgehead atoms. The Labute approximate surface area is 195 Å². The van der Waals surface area contributed by atoms with Crippen LogP contribution >= 0.6 is 0 Å². The Morgan fingerprint density at radius 3 is 2.59 bits per heavy atom. The summed E-state index contributed by atoms with van der Waals surface area (Å²) in [5, 5.41) is 2.85. The minimum atomic E-state index is -4.38. The van der Waals surface area contributed by atoms with E-state index < -0.39 is 11.7 Å². The summed E-state index contributed by atoms with van der Waals surface area (Å²) in [5.41, 5.74) is 0.869. The highest BCUT2D eigenvalue weighted by molar-refractivity contribution is 5.79. The maximum Gasteiger partial charge on any atom is 0.416 e. The van der Waals surface area contributed by atoms with Gasteiger partial charge in [-0.05, 0) is 49.1 Å². The van der Waals surface area contributed by atoms with Gasteiger partial charge in [-0.2, -0.15) is 13.2 Å². The van der Waals surface area contributed by atoms with Gasteiger partial charge in [0.1, 0.15) is 5.75 Å². The first-order valence-corrected chi connectivity index (χ1v) is 11.0. The lowest BCUT2D eigenvalue weighted by molar-refractivity contribution is -0.137. The zero-order chi connectivity index (χ0) is 24.1. The van der Waals surface area contributed by atoms with Crippen LogP contribution in [-0.2, 0) is 17.5 Å². The molecule has 0 unspecified atom stereocenters. The molecule has 4 rings (SSSR count). The van der Waals surface area contributed by atoms with Crippen LogP contribution in [0.2, 0.25) is 0 Å². The standard InChI is InChI=1S/C25H25F3N4O2/c1-17-5-2-3-7-21(17)34-24-22(29-12-13-30-24)32-14-4-6-19(16-32)23(33)31-15-18-8-10-20(11-9-18)25(26,27)28/h2-3,5,7-13,19H,4,6,14-16H2,1H3,(H,31,33)/t19-/m0/s1. The SMILES string of the molecule is Cc1ccccc1Oc1nccnc1N1CCC[C@H](C(=O)NCc2ccc(C(F)(F)F)cc2)C1. The molecule has 2 aromatic carbocycles. The van der Waals surface area contributed by atoms with Crippen LogP contribution < -0.4 is 15.0 Å². The van der Waals surface area contributed by atoms with Crippen molar-refractivity contribution in [3.63, 3.8) is 0 Å². The van der Waals surface area contributed by atoms with Crippen LogP contribution in [0, 0.1) is 12.8 Å². The molecule has 178 valence electrons. The number of benzene rings is 2. The number of hydrogen-bond acceptors (Lipinski definition) is 5. The molecule has 0 saturated carbocycles. The number of halogens is 3. The van der Waals surface area contributed by atoms with Gasteiger partial charge in [-0.1, -0.05) is 30.3 Å². The number of rotatable bonds is 6. The first-order valence-electron chi connectivity index (χ1n) is 11.0. The minimum Gasteiger partial charge on any atom is -0.436 e. The Hall–Kier alpha value is -3.62. The van der Waals surface area contributed by atoms with Gasteiger partial charge >= 0.3 is 6.18 Å². The topological polar surface area (TPSA) is 67.4 Å². The summed E-state index contributed by atoms with van der Waals surface area (Å²) in [6.07, 6.45) is 0.279. The Kier molecular flexibility index (Phi) is 7.00. The van der Waals surface area contributed by atoms with E-state index in [1.807, 2.05) is 36.1 Å². The number of nitrogens with zero attached hydrogens (tertiary/aromatic N) is 3. The van der Waals surface area contributed by atoms with Crippen molar-refractivity contribution in [3.05, 3.63) is 77.6 Å². The summed E-state index contributed by atoms with van der Waals surface area (Å²) < 4.78 is 44.2. The molecule has 1 N–H and O–H groups in total. The van der Waals surface area contributed by atoms with Crippen molar-refractivity contribution in [1.82, 2.24) is 15.3 Å². The van der Waals surface area contributed by atoms with Gasteiger partial charge in [0.05, 0.1) is 11.5 Å². The Morgan fingerprint density at radius 2 is 1.85 bits per heavy atom. The average molecular weight is 470 g/mol. The van der Waals surface area contributed by atoms with Gasteiger partial charge in [-0.3, -0.25) is 4.79 Å². The number of para-hydroxylation sites is 1. The number of amides is 1. The molecule has 1 aromatic heterocycles. The third-order valence-electron chi connectivity index (χ3n) is 5.79. The van der Waals surface area contributed by atoms with Crippen LogP contribution in [0.3, 0.4) is 0 Å². The molecule has 3 aromatic rings. The van der Waals surface area contributed by atoms with E-state index in [-0.39, 0.29) is 18.4 Å². The summed E-state index contributed by atoms with van der Waals surface area (Å²) in [7, 11) is 0. The summed E-state index contributed by atoms with van der Waals surface area (Å²) >= 11 is 0. The molecular formula is C25H25F3N4O2. The van der Waals surface area contributed by atoms with Gasteiger partial charge < -0.3 is 15.0 Å². The molecular weight excluding hydrogens is 445 g/mol. The molecule has 0 spiro atoms. The van der Waals surface area contributed by atoms with E-state index in [0.717, 1.165) is 24.1 Å².